The first-order valence-corrected chi connectivity index (χ1v) is 4.34. The Morgan fingerprint density at radius 3 is 2.64 bits per heavy atom. The van der Waals surface area contributed by atoms with E-state index in [2.05, 4.69) is 15.6 Å². The summed E-state index contributed by atoms with van der Waals surface area (Å²) in [7, 11) is 0. The summed E-state index contributed by atoms with van der Waals surface area (Å²) in [5.41, 5.74) is 0.363. The first-order valence-electron chi connectivity index (χ1n) is 4.34. The molecular formula is C9H13N3O2. The van der Waals surface area contributed by atoms with Crippen LogP contribution in [0, 0.1) is 0 Å². The van der Waals surface area contributed by atoms with Crippen molar-refractivity contribution in [2.45, 2.75) is 19.9 Å². The third-order valence-electron chi connectivity index (χ3n) is 1.46. The van der Waals surface area contributed by atoms with Crippen molar-refractivity contribution in [2.24, 2.45) is 0 Å². The predicted octanol–water partition coefficient (Wildman–Crippen LogP) is 0.905. The summed E-state index contributed by atoms with van der Waals surface area (Å²) in [5.74, 6) is 0. The molecule has 0 saturated heterocycles. The number of aromatic amines is 1. The van der Waals surface area contributed by atoms with Crippen molar-refractivity contribution < 1.29 is 4.79 Å². The Balaban J connectivity index is 2.56. The minimum Gasteiger partial charge on any atom is -0.336 e. The average molecular weight is 195 g/mol. The maximum absolute atomic E-state index is 11.2. The molecule has 1 rings (SSSR count). The molecule has 0 radical (unpaired) electrons. The van der Waals surface area contributed by atoms with Crippen LogP contribution in [-0.2, 0) is 0 Å². The van der Waals surface area contributed by atoms with E-state index in [0.717, 1.165) is 0 Å². The molecule has 0 atom stereocenters. The highest BCUT2D eigenvalue weighted by molar-refractivity contribution is 5.89. The van der Waals surface area contributed by atoms with Crippen molar-refractivity contribution in [3.8, 4) is 0 Å². The van der Waals surface area contributed by atoms with Crippen molar-refractivity contribution in [3.05, 3.63) is 28.7 Å². The molecule has 0 aliphatic rings. The highest BCUT2D eigenvalue weighted by Crippen LogP contribution is 1.99. The summed E-state index contributed by atoms with van der Waals surface area (Å²) in [6.07, 6.45) is 1.45. The molecule has 0 aromatic carbocycles. The summed E-state index contributed by atoms with van der Waals surface area (Å²) >= 11 is 0. The summed E-state index contributed by atoms with van der Waals surface area (Å²) in [6.45, 7) is 3.74. The largest absolute Gasteiger partial charge is 0.336 e. The summed E-state index contributed by atoms with van der Waals surface area (Å²) < 4.78 is 0. The van der Waals surface area contributed by atoms with Crippen molar-refractivity contribution in [1.82, 2.24) is 10.3 Å². The van der Waals surface area contributed by atoms with Crippen LogP contribution >= 0.6 is 0 Å². The number of carbonyl (C=O) groups is 1. The molecule has 0 saturated carbocycles. The lowest BCUT2D eigenvalue weighted by Gasteiger charge is -2.09. The quantitative estimate of drug-likeness (QED) is 0.656. The fourth-order valence-electron chi connectivity index (χ4n) is 0.918. The standard InChI is InChI=1S/C9H13N3O2/c1-6(2)11-9(14)12-7-3-4-8(13)10-5-7/h3-6H,1-2H3,(H,10,13)(H2,11,12,14). The number of pyridine rings is 1. The second-order valence-electron chi connectivity index (χ2n) is 3.19. The average Bonchev–Trinajstić information content (AvgIpc) is 2.07. The molecule has 0 spiro atoms. The second-order valence-corrected chi connectivity index (χ2v) is 3.19. The molecule has 0 aliphatic heterocycles. The topological polar surface area (TPSA) is 74.0 Å². The van der Waals surface area contributed by atoms with Gasteiger partial charge in [-0.25, -0.2) is 4.79 Å². The Morgan fingerprint density at radius 1 is 1.43 bits per heavy atom. The third-order valence-corrected chi connectivity index (χ3v) is 1.46. The number of rotatable bonds is 2. The maximum atomic E-state index is 11.2. The van der Waals surface area contributed by atoms with Gasteiger partial charge in [0.25, 0.3) is 0 Å². The van der Waals surface area contributed by atoms with Crippen LogP contribution in [0.3, 0.4) is 0 Å². The van der Waals surface area contributed by atoms with E-state index in [9.17, 15) is 9.59 Å². The molecule has 0 fully saturated rings. The van der Waals surface area contributed by atoms with Gasteiger partial charge in [-0.1, -0.05) is 0 Å². The zero-order chi connectivity index (χ0) is 10.6. The van der Waals surface area contributed by atoms with Crippen LogP contribution in [0.5, 0.6) is 0 Å². The van der Waals surface area contributed by atoms with E-state index in [-0.39, 0.29) is 17.6 Å². The number of H-pyrrole nitrogens is 1. The van der Waals surface area contributed by atoms with E-state index in [0.29, 0.717) is 5.69 Å². The first-order chi connectivity index (χ1) is 6.58. The van der Waals surface area contributed by atoms with Gasteiger partial charge in [0, 0.05) is 18.3 Å². The Kier molecular flexibility index (Phi) is 3.28. The van der Waals surface area contributed by atoms with E-state index < -0.39 is 0 Å². The van der Waals surface area contributed by atoms with Crippen LogP contribution < -0.4 is 16.2 Å². The van der Waals surface area contributed by atoms with E-state index in [1.165, 1.54) is 12.3 Å². The van der Waals surface area contributed by atoms with E-state index in [1.807, 2.05) is 13.8 Å². The molecule has 5 heteroatoms. The molecule has 0 unspecified atom stereocenters. The van der Waals surface area contributed by atoms with Gasteiger partial charge >= 0.3 is 6.03 Å². The van der Waals surface area contributed by atoms with Gasteiger partial charge < -0.3 is 15.6 Å². The van der Waals surface area contributed by atoms with Gasteiger partial charge in [0.05, 0.1) is 5.69 Å². The fraction of sp³-hybridized carbons (Fsp3) is 0.333. The summed E-state index contributed by atoms with van der Waals surface area (Å²) in [5, 5.41) is 5.24. The van der Waals surface area contributed by atoms with Gasteiger partial charge in [-0.15, -0.1) is 0 Å². The van der Waals surface area contributed by atoms with Crippen molar-refractivity contribution in [1.29, 1.82) is 0 Å². The van der Waals surface area contributed by atoms with E-state index >= 15 is 0 Å². The van der Waals surface area contributed by atoms with Gasteiger partial charge in [-0.05, 0) is 19.9 Å². The molecule has 0 bridgehead atoms. The molecule has 2 amide bonds. The maximum Gasteiger partial charge on any atom is 0.319 e. The Morgan fingerprint density at radius 2 is 2.14 bits per heavy atom. The van der Waals surface area contributed by atoms with E-state index in [1.54, 1.807) is 6.07 Å². The van der Waals surface area contributed by atoms with Crippen molar-refractivity contribution in [2.75, 3.05) is 5.32 Å². The zero-order valence-corrected chi connectivity index (χ0v) is 8.13. The molecule has 1 aromatic rings. The van der Waals surface area contributed by atoms with Gasteiger partial charge in [-0.3, -0.25) is 4.79 Å². The predicted molar refractivity (Wildman–Crippen MR) is 54.4 cm³/mol. The van der Waals surface area contributed by atoms with Gasteiger partial charge in [0.1, 0.15) is 0 Å². The van der Waals surface area contributed by atoms with E-state index in [4.69, 9.17) is 0 Å². The number of urea groups is 1. The molecular weight excluding hydrogens is 182 g/mol. The number of nitrogens with one attached hydrogen (secondary N) is 3. The van der Waals surface area contributed by atoms with Crippen LogP contribution in [0.25, 0.3) is 0 Å². The fourth-order valence-corrected chi connectivity index (χ4v) is 0.918. The number of hydrogen-bond acceptors (Lipinski definition) is 2. The minimum atomic E-state index is -0.285. The third kappa shape index (κ3) is 3.30. The lowest BCUT2D eigenvalue weighted by atomic mass is 10.4. The molecule has 0 aliphatic carbocycles. The number of hydrogen-bond donors (Lipinski definition) is 3. The van der Waals surface area contributed by atoms with Gasteiger partial charge in [0.15, 0.2) is 0 Å². The summed E-state index contributed by atoms with van der Waals surface area (Å²) in [4.78, 5) is 24.4. The number of carbonyl (C=O) groups excluding carboxylic acids is 1. The highest BCUT2D eigenvalue weighted by Gasteiger charge is 2.02. The van der Waals surface area contributed by atoms with Crippen molar-refractivity contribution in [3.63, 3.8) is 0 Å². The van der Waals surface area contributed by atoms with Crippen LogP contribution in [0.1, 0.15) is 13.8 Å². The highest BCUT2D eigenvalue weighted by atomic mass is 16.2. The molecule has 1 aromatic heterocycles. The van der Waals surface area contributed by atoms with Crippen LogP contribution in [-0.4, -0.2) is 17.1 Å². The SMILES string of the molecule is CC(C)NC(=O)Nc1ccc(=O)[nH]c1. The molecule has 3 N–H and O–H groups in total. The van der Waals surface area contributed by atoms with Crippen molar-refractivity contribution >= 4 is 11.7 Å². The minimum absolute atomic E-state index is 0.0813. The number of anilines is 1. The first kappa shape index (κ1) is 10.3. The second kappa shape index (κ2) is 4.45. The molecule has 76 valence electrons. The summed E-state index contributed by atoms with van der Waals surface area (Å²) in [6, 6.07) is 2.69. The molecule has 14 heavy (non-hydrogen) atoms. The normalized spacial score (nSPS) is 9.93. The molecule has 1 heterocycles. The molecule has 5 nitrogen and oxygen atoms in total. The lowest BCUT2D eigenvalue weighted by Crippen LogP contribution is -2.34. The number of aromatic nitrogens is 1. The Hall–Kier alpha value is -1.78. The van der Waals surface area contributed by atoms with Crippen LogP contribution in [0.2, 0.25) is 0 Å². The lowest BCUT2D eigenvalue weighted by molar-refractivity contribution is 0.250. The zero-order valence-electron chi connectivity index (χ0n) is 8.13. The number of amides is 2. The Labute approximate surface area is 81.5 Å². The van der Waals surface area contributed by atoms with Crippen LogP contribution in [0.4, 0.5) is 10.5 Å². The smallest absolute Gasteiger partial charge is 0.319 e. The van der Waals surface area contributed by atoms with Gasteiger partial charge in [-0.2, -0.15) is 0 Å². The monoisotopic (exact) mass is 195 g/mol. The van der Waals surface area contributed by atoms with Crippen LogP contribution in [0.15, 0.2) is 23.1 Å². The Bertz CT molecular complexity index is 350. The van der Waals surface area contributed by atoms with Gasteiger partial charge in [0.2, 0.25) is 5.56 Å².